The first-order valence-electron chi connectivity index (χ1n) is 15.9. The fourth-order valence-electron chi connectivity index (χ4n) is 6.34. The van der Waals surface area contributed by atoms with Crippen molar-refractivity contribution in [3.05, 3.63) is 107 Å². The lowest BCUT2D eigenvalue weighted by Crippen LogP contribution is -2.29. The number of fused-ring (bicyclic) bond motifs is 1. The van der Waals surface area contributed by atoms with Gasteiger partial charge in [0.1, 0.15) is 11.5 Å². The van der Waals surface area contributed by atoms with Crippen molar-refractivity contribution in [2.24, 2.45) is 0 Å². The summed E-state index contributed by atoms with van der Waals surface area (Å²) in [4.78, 5) is 17.5. The summed E-state index contributed by atoms with van der Waals surface area (Å²) in [5, 5.41) is 8.80. The van der Waals surface area contributed by atoms with Gasteiger partial charge in [-0.2, -0.15) is 5.10 Å². The molecule has 45 heavy (non-hydrogen) atoms. The molecule has 2 N–H and O–H groups in total. The van der Waals surface area contributed by atoms with Gasteiger partial charge in [-0.3, -0.25) is 20.0 Å². The molecule has 8 heteroatoms. The van der Waals surface area contributed by atoms with Crippen LogP contribution in [0.5, 0.6) is 0 Å². The van der Waals surface area contributed by atoms with E-state index in [2.05, 4.69) is 74.9 Å². The van der Waals surface area contributed by atoms with Crippen LogP contribution in [0.2, 0.25) is 0 Å². The quantitative estimate of drug-likeness (QED) is 0.152. The van der Waals surface area contributed by atoms with Crippen LogP contribution in [0.1, 0.15) is 53.6 Å². The number of likely N-dealkylation sites (tertiary alicyclic amines) is 1. The lowest BCUT2D eigenvalue weighted by Gasteiger charge is -2.26. The van der Waals surface area contributed by atoms with E-state index >= 15 is 0 Å². The summed E-state index contributed by atoms with van der Waals surface area (Å²) in [5.41, 5.74) is 10.3. The molecule has 0 spiro atoms. The fourth-order valence-corrected chi connectivity index (χ4v) is 6.34. The second kappa shape index (κ2) is 13.7. The maximum absolute atomic E-state index is 14.9. The minimum absolute atomic E-state index is 0.233. The molecule has 1 fully saturated rings. The molecule has 0 unspecified atom stereocenters. The van der Waals surface area contributed by atoms with Gasteiger partial charge in [0.05, 0.1) is 23.1 Å². The lowest BCUT2D eigenvalue weighted by molar-refractivity contribution is 0.220. The Labute approximate surface area is 264 Å². The number of benzene rings is 1. The van der Waals surface area contributed by atoms with Gasteiger partial charge in [-0.25, -0.2) is 4.39 Å². The van der Waals surface area contributed by atoms with Gasteiger partial charge in [-0.15, -0.1) is 0 Å². The molecule has 0 radical (unpaired) electrons. The minimum atomic E-state index is -0.233. The second-order valence-electron chi connectivity index (χ2n) is 12.4. The molecule has 1 aromatic carbocycles. The summed E-state index contributed by atoms with van der Waals surface area (Å²) in [6.45, 7) is 10.1. The van der Waals surface area contributed by atoms with Gasteiger partial charge in [-0.1, -0.05) is 31.2 Å². The molecule has 1 aliphatic rings. The van der Waals surface area contributed by atoms with Gasteiger partial charge in [0.2, 0.25) is 0 Å². The Balaban J connectivity index is 1.31. The number of hydrogen-bond acceptors (Lipinski definition) is 5. The zero-order valence-corrected chi connectivity index (χ0v) is 26.5. The lowest BCUT2D eigenvalue weighted by atomic mass is 9.94. The van der Waals surface area contributed by atoms with E-state index in [0.29, 0.717) is 0 Å². The molecule has 6 rings (SSSR count). The number of rotatable bonds is 11. The summed E-state index contributed by atoms with van der Waals surface area (Å²) in [5.74, 6) is -0.233. The topological polar surface area (TPSA) is 76.7 Å². The molecular formula is C37H42FN7. The van der Waals surface area contributed by atoms with Crippen LogP contribution in [0.4, 0.5) is 4.39 Å². The predicted octanol–water partition coefficient (Wildman–Crippen LogP) is 7.56. The molecule has 5 heterocycles. The maximum atomic E-state index is 14.9. The Morgan fingerprint density at radius 1 is 1.02 bits per heavy atom. The van der Waals surface area contributed by atoms with Gasteiger partial charge in [0, 0.05) is 41.1 Å². The normalized spacial score (nSPS) is 14.5. The number of nitrogens with one attached hydrogen (secondary N) is 2. The molecule has 0 bridgehead atoms. The molecule has 4 aromatic heterocycles. The summed E-state index contributed by atoms with van der Waals surface area (Å²) >= 11 is 0. The smallest absolute Gasteiger partial charge is 0.124 e. The largest absolute Gasteiger partial charge is 0.357 e. The van der Waals surface area contributed by atoms with Crippen LogP contribution in [0.3, 0.4) is 0 Å². The third-order valence-electron chi connectivity index (χ3n) is 8.58. The molecular weight excluding hydrogens is 561 g/mol. The molecule has 0 saturated carbocycles. The van der Waals surface area contributed by atoms with Gasteiger partial charge in [0.25, 0.3) is 0 Å². The first-order chi connectivity index (χ1) is 21.9. The van der Waals surface area contributed by atoms with Crippen molar-refractivity contribution in [3.63, 3.8) is 0 Å². The first kappa shape index (κ1) is 30.6. The fraction of sp³-hybridized carbons (Fsp3) is 0.324. The Morgan fingerprint density at radius 3 is 2.67 bits per heavy atom. The van der Waals surface area contributed by atoms with E-state index in [9.17, 15) is 4.39 Å². The highest BCUT2D eigenvalue weighted by atomic mass is 19.1. The molecule has 7 nitrogen and oxygen atoms in total. The standard InChI is InChI=1S/C37H42FN7/c1-5-10-31(28-15-26(17-30(38)18-28)11-9-12-44(3)4)32-19-35(41-25(32)2)37-33-20-34(40-23-36(33)42-43-37)29-16-27(21-39-22-29)24-45-13-7-6-8-14-45/h5,10,15-23,41H,1,6-9,11-14,24H2,2-4H3,(H,42,43)/b31-10-. The Hall–Kier alpha value is -4.40. The highest BCUT2D eigenvalue weighted by Crippen LogP contribution is 2.34. The number of H-pyrrole nitrogens is 2. The van der Waals surface area contributed by atoms with Crippen molar-refractivity contribution in [1.82, 2.24) is 34.9 Å². The molecule has 0 atom stereocenters. The number of allylic oxidation sites excluding steroid dienone is 2. The van der Waals surface area contributed by atoms with Crippen molar-refractivity contribution >= 4 is 16.5 Å². The SMILES string of the molecule is C=C/C=C(/c1cc(F)cc(CCCN(C)C)c1)c1cc(-c2n[nH]c3cnc(-c4cncc(CN5CCCCC5)c4)cc23)[nH]c1C. The van der Waals surface area contributed by atoms with Crippen molar-refractivity contribution < 1.29 is 4.39 Å². The average Bonchev–Trinajstić information content (AvgIpc) is 3.63. The highest BCUT2D eigenvalue weighted by Gasteiger charge is 2.18. The summed E-state index contributed by atoms with van der Waals surface area (Å²) < 4.78 is 14.9. The molecule has 1 aliphatic heterocycles. The maximum Gasteiger partial charge on any atom is 0.124 e. The minimum Gasteiger partial charge on any atom is -0.357 e. The monoisotopic (exact) mass is 603 g/mol. The number of pyridine rings is 2. The van der Waals surface area contributed by atoms with Crippen LogP contribution in [0.25, 0.3) is 39.1 Å². The Kier molecular flexibility index (Phi) is 9.33. The highest BCUT2D eigenvalue weighted by molar-refractivity contribution is 5.95. The number of nitrogens with zero attached hydrogens (tertiary/aromatic N) is 5. The number of piperidine rings is 1. The zero-order chi connectivity index (χ0) is 31.3. The number of hydrogen-bond donors (Lipinski definition) is 2. The molecule has 232 valence electrons. The van der Waals surface area contributed by atoms with Crippen molar-refractivity contribution in [2.45, 2.75) is 45.6 Å². The third kappa shape index (κ3) is 7.13. The van der Waals surface area contributed by atoms with Crippen LogP contribution in [0, 0.1) is 12.7 Å². The van der Waals surface area contributed by atoms with Crippen LogP contribution in [-0.2, 0) is 13.0 Å². The number of aryl methyl sites for hydroxylation is 2. The third-order valence-corrected chi connectivity index (χ3v) is 8.58. The zero-order valence-electron chi connectivity index (χ0n) is 26.5. The number of aromatic amines is 2. The van der Waals surface area contributed by atoms with Crippen LogP contribution in [0.15, 0.2) is 73.7 Å². The van der Waals surface area contributed by atoms with E-state index in [-0.39, 0.29) is 5.82 Å². The molecule has 1 saturated heterocycles. The summed E-state index contributed by atoms with van der Waals surface area (Å²) in [6, 6.07) is 11.7. The summed E-state index contributed by atoms with van der Waals surface area (Å²) in [7, 11) is 4.11. The van der Waals surface area contributed by atoms with E-state index in [1.54, 1.807) is 18.2 Å². The van der Waals surface area contributed by atoms with Crippen LogP contribution >= 0.6 is 0 Å². The van der Waals surface area contributed by atoms with E-state index in [0.717, 1.165) is 101 Å². The van der Waals surface area contributed by atoms with Gasteiger partial charge in [-0.05, 0) is 119 Å². The van der Waals surface area contributed by atoms with E-state index < -0.39 is 0 Å². The van der Waals surface area contributed by atoms with Gasteiger partial charge < -0.3 is 9.88 Å². The first-order valence-corrected chi connectivity index (χ1v) is 15.9. The van der Waals surface area contributed by atoms with E-state index in [1.165, 1.54) is 24.8 Å². The van der Waals surface area contributed by atoms with Gasteiger partial charge in [0.15, 0.2) is 0 Å². The molecule has 0 amide bonds. The van der Waals surface area contributed by atoms with Crippen LogP contribution in [-0.4, -0.2) is 68.7 Å². The second-order valence-corrected chi connectivity index (χ2v) is 12.4. The number of halogens is 1. The Bertz CT molecular complexity index is 1820. The molecule has 5 aromatic rings. The van der Waals surface area contributed by atoms with Gasteiger partial charge >= 0.3 is 0 Å². The van der Waals surface area contributed by atoms with E-state index in [4.69, 9.17) is 4.98 Å². The number of aromatic nitrogens is 5. The van der Waals surface area contributed by atoms with E-state index in [1.807, 2.05) is 31.6 Å². The van der Waals surface area contributed by atoms with Crippen molar-refractivity contribution in [1.29, 1.82) is 0 Å². The summed E-state index contributed by atoms with van der Waals surface area (Å²) in [6.07, 6.45) is 15.0. The average molecular weight is 604 g/mol. The Morgan fingerprint density at radius 2 is 1.87 bits per heavy atom. The predicted molar refractivity (Wildman–Crippen MR) is 181 cm³/mol. The van der Waals surface area contributed by atoms with Crippen molar-refractivity contribution in [2.75, 3.05) is 33.7 Å². The molecule has 0 aliphatic carbocycles. The van der Waals surface area contributed by atoms with Crippen molar-refractivity contribution in [3.8, 4) is 22.6 Å². The van der Waals surface area contributed by atoms with Crippen LogP contribution < -0.4 is 0 Å².